The van der Waals surface area contributed by atoms with Crippen molar-refractivity contribution in [2.75, 3.05) is 39.3 Å². The van der Waals surface area contributed by atoms with Gasteiger partial charge in [-0.15, -0.1) is 0 Å². The lowest BCUT2D eigenvalue weighted by atomic mass is 9.76. The summed E-state index contributed by atoms with van der Waals surface area (Å²) >= 11 is 0. The number of hydrogen-bond donors (Lipinski definition) is 1. The van der Waals surface area contributed by atoms with E-state index in [2.05, 4.69) is 24.8 Å². The standard InChI is InChI=1S/C24H36N2O3/c1-3-19-6-4-5-7-21(19)23(28)26-12-9-24(10-13-26)14-20(29-17-24)15-25-11-8-18(2)22(27)16-25/h4-7,18,20,22,27H,3,8-17H2,1-2H3/t18-,20-,22-/m1/s1. The molecule has 0 radical (unpaired) electrons. The third-order valence-corrected chi connectivity index (χ3v) is 7.49. The van der Waals surface area contributed by atoms with Crippen molar-refractivity contribution in [2.24, 2.45) is 11.3 Å². The Balaban J connectivity index is 1.30. The Bertz CT molecular complexity index is 714. The molecule has 29 heavy (non-hydrogen) atoms. The van der Waals surface area contributed by atoms with Gasteiger partial charge in [-0.1, -0.05) is 32.0 Å². The average molecular weight is 401 g/mol. The van der Waals surface area contributed by atoms with Gasteiger partial charge in [0, 0.05) is 31.7 Å². The molecule has 1 aromatic rings. The molecule has 3 aliphatic heterocycles. The fourth-order valence-electron chi connectivity index (χ4n) is 5.32. The molecule has 3 aliphatic rings. The molecule has 160 valence electrons. The zero-order chi connectivity index (χ0) is 20.4. The molecule has 0 unspecified atom stereocenters. The number of carbonyl (C=O) groups is 1. The van der Waals surface area contributed by atoms with Crippen LogP contribution in [-0.2, 0) is 11.2 Å². The number of benzene rings is 1. The molecule has 1 N–H and O–H groups in total. The van der Waals surface area contributed by atoms with Gasteiger partial charge in [-0.3, -0.25) is 9.69 Å². The van der Waals surface area contributed by atoms with Gasteiger partial charge in [0.1, 0.15) is 0 Å². The zero-order valence-electron chi connectivity index (χ0n) is 18.0. The van der Waals surface area contributed by atoms with E-state index in [1.807, 2.05) is 23.1 Å². The van der Waals surface area contributed by atoms with Gasteiger partial charge >= 0.3 is 0 Å². The fraction of sp³-hybridized carbons (Fsp3) is 0.708. The third kappa shape index (κ3) is 4.52. The first kappa shape index (κ1) is 20.8. The third-order valence-electron chi connectivity index (χ3n) is 7.49. The molecular formula is C24H36N2O3. The van der Waals surface area contributed by atoms with Gasteiger partial charge in [-0.25, -0.2) is 0 Å². The monoisotopic (exact) mass is 400 g/mol. The van der Waals surface area contributed by atoms with Gasteiger partial charge in [0.25, 0.3) is 5.91 Å². The average Bonchev–Trinajstić information content (AvgIpc) is 3.12. The van der Waals surface area contributed by atoms with Gasteiger partial charge in [0.05, 0.1) is 18.8 Å². The summed E-state index contributed by atoms with van der Waals surface area (Å²) in [4.78, 5) is 17.4. The quantitative estimate of drug-likeness (QED) is 0.844. The number of nitrogens with zero attached hydrogens (tertiary/aromatic N) is 2. The van der Waals surface area contributed by atoms with Crippen LogP contribution in [0.15, 0.2) is 24.3 Å². The number of aryl methyl sites for hydroxylation is 1. The lowest BCUT2D eigenvalue weighted by Gasteiger charge is -2.39. The minimum absolute atomic E-state index is 0.184. The summed E-state index contributed by atoms with van der Waals surface area (Å²) in [6, 6.07) is 8.00. The maximum atomic E-state index is 13.0. The van der Waals surface area contributed by atoms with Crippen LogP contribution in [0.25, 0.3) is 0 Å². The molecule has 3 fully saturated rings. The Morgan fingerprint density at radius 3 is 2.72 bits per heavy atom. The number of piperidine rings is 2. The first-order chi connectivity index (χ1) is 14.0. The van der Waals surface area contributed by atoms with Crippen LogP contribution < -0.4 is 0 Å². The van der Waals surface area contributed by atoms with Crippen molar-refractivity contribution in [2.45, 2.75) is 58.2 Å². The SMILES string of the molecule is CCc1ccccc1C(=O)N1CCC2(CC1)CO[C@@H](CN1CC[C@@H](C)[C@H](O)C1)C2. The molecule has 0 saturated carbocycles. The minimum Gasteiger partial charge on any atom is -0.392 e. The van der Waals surface area contributed by atoms with E-state index in [1.54, 1.807) is 0 Å². The highest BCUT2D eigenvalue weighted by atomic mass is 16.5. The summed E-state index contributed by atoms with van der Waals surface area (Å²) in [6.07, 6.45) is 5.15. The van der Waals surface area contributed by atoms with Crippen molar-refractivity contribution >= 4 is 5.91 Å². The Morgan fingerprint density at radius 1 is 1.24 bits per heavy atom. The largest absolute Gasteiger partial charge is 0.392 e. The number of amides is 1. The van der Waals surface area contributed by atoms with Crippen molar-refractivity contribution in [3.8, 4) is 0 Å². The summed E-state index contributed by atoms with van der Waals surface area (Å²) in [6.45, 7) is 9.47. The first-order valence-corrected chi connectivity index (χ1v) is 11.4. The summed E-state index contributed by atoms with van der Waals surface area (Å²) in [5.74, 6) is 0.589. The number of aliphatic hydroxyl groups is 1. The Labute approximate surface area is 175 Å². The molecule has 1 spiro atoms. The van der Waals surface area contributed by atoms with Crippen LogP contribution in [0, 0.1) is 11.3 Å². The molecule has 3 atom stereocenters. The van der Waals surface area contributed by atoms with Gasteiger partial charge in [-0.2, -0.15) is 0 Å². The van der Waals surface area contributed by atoms with E-state index >= 15 is 0 Å². The van der Waals surface area contributed by atoms with E-state index in [4.69, 9.17) is 4.74 Å². The number of hydrogen-bond acceptors (Lipinski definition) is 4. The van der Waals surface area contributed by atoms with Crippen LogP contribution in [0.5, 0.6) is 0 Å². The second kappa shape index (κ2) is 8.75. The van der Waals surface area contributed by atoms with E-state index in [0.29, 0.717) is 5.92 Å². The number of aliphatic hydroxyl groups excluding tert-OH is 1. The first-order valence-electron chi connectivity index (χ1n) is 11.4. The summed E-state index contributed by atoms with van der Waals surface area (Å²) in [5.41, 5.74) is 2.23. The molecule has 0 aliphatic carbocycles. The molecular weight excluding hydrogens is 364 g/mol. The molecule has 5 heteroatoms. The number of carbonyl (C=O) groups excluding carboxylic acids is 1. The number of rotatable bonds is 4. The topological polar surface area (TPSA) is 53.0 Å². The van der Waals surface area contributed by atoms with Crippen LogP contribution in [0.1, 0.15) is 55.5 Å². The van der Waals surface area contributed by atoms with E-state index < -0.39 is 0 Å². The number of likely N-dealkylation sites (tertiary alicyclic amines) is 2. The van der Waals surface area contributed by atoms with Gasteiger partial charge < -0.3 is 14.7 Å². The molecule has 3 saturated heterocycles. The van der Waals surface area contributed by atoms with E-state index in [1.165, 1.54) is 0 Å². The lowest BCUT2D eigenvalue weighted by molar-refractivity contribution is 0.000907. The predicted octanol–water partition coefficient (Wildman–Crippen LogP) is 2.96. The van der Waals surface area contributed by atoms with Crippen LogP contribution in [-0.4, -0.2) is 72.4 Å². The second-order valence-corrected chi connectivity index (χ2v) is 9.53. The Hall–Kier alpha value is -1.43. The predicted molar refractivity (Wildman–Crippen MR) is 114 cm³/mol. The Morgan fingerprint density at radius 2 is 2.00 bits per heavy atom. The molecule has 0 bridgehead atoms. The van der Waals surface area contributed by atoms with E-state index in [-0.39, 0.29) is 23.5 Å². The molecule has 5 nitrogen and oxygen atoms in total. The van der Waals surface area contributed by atoms with Crippen LogP contribution >= 0.6 is 0 Å². The van der Waals surface area contributed by atoms with Crippen molar-refractivity contribution in [3.63, 3.8) is 0 Å². The normalized spacial score (nSPS) is 30.0. The summed E-state index contributed by atoms with van der Waals surface area (Å²) in [5, 5.41) is 10.2. The van der Waals surface area contributed by atoms with Gasteiger partial charge in [0.15, 0.2) is 0 Å². The smallest absolute Gasteiger partial charge is 0.254 e. The van der Waals surface area contributed by atoms with Crippen molar-refractivity contribution < 1.29 is 14.6 Å². The maximum absolute atomic E-state index is 13.0. The molecule has 3 heterocycles. The van der Waals surface area contributed by atoms with Crippen LogP contribution in [0.3, 0.4) is 0 Å². The van der Waals surface area contributed by atoms with Crippen LogP contribution in [0.4, 0.5) is 0 Å². The zero-order valence-corrected chi connectivity index (χ0v) is 18.0. The number of β-amino-alcohol motifs (C(OH)–C–C–N with tert-alkyl or cyclic N) is 1. The van der Waals surface area contributed by atoms with Crippen LogP contribution in [0.2, 0.25) is 0 Å². The summed E-state index contributed by atoms with van der Waals surface area (Å²) < 4.78 is 6.20. The second-order valence-electron chi connectivity index (χ2n) is 9.53. The highest BCUT2D eigenvalue weighted by molar-refractivity contribution is 5.95. The van der Waals surface area contributed by atoms with Crippen molar-refractivity contribution in [1.29, 1.82) is 0 Å². The fourth-order valence-corrected chi connectivity index (χ4v) is 5.32. The molecule has 1 amide bonds. The van der Waals surface area contributed by atoms with E-state index in [9.17, 15) is 9.90 Å². The summed E-state index contributed by atoms with van der Waals surface area (Å²) in [7, 11) is 0. The van der Waals surface area contributed by atoms with E-state index in [0.717, 1.165) is 82.6 Å². The maximum Gasteiger partial charge on any atom is 0.254 e. The molecule has 1 aromatic carbocycles. The van der Waals surface area contributed by atoms with Gasteiger partial charge in [-0.05, 0) is 61.6 Å². The highest BCUT2D eigenvalue weighted by Gasteiger charge is 2.43. The minimum atomic E-state index is -0.209. The molecule has 4 rings (SSSR count). The Kier molecular flexibility index (Phi) is 6.28. The number of ether oxygens (including phenoxy) is 1. The van der Waals surface area contributed by atoms with Crippen molar-refractivity contribution in [3.05, 3.63) is 35.4 Å². The highest BCUT2D eigenvalue weighted by Crippen LogP contribution is 2.42. The van der Waals surface area contributed by atoms with Gasteiger partial charge in [0.2, 0.25) is 0 Å². The lowest BCUT2D eigenvalue weighted by Crippen LogP contribution is -2.46. The van der Waals surface area contributed by atoms with Crippen molar-refractivity contribution in [1.82, 2.24) is 9.80 Å². The molecule has 0 aromatic heterocycles.